The second-order valence-corrected chi connectivity index (χ2v) is 7.32. The van der Waals surface area contributed by atoms with Gasteiger partial charge in [-0.3, -0.25) is 0 Å². The molecule has 1 aromatic rings. The van der Waals surface area contributed by atoms with Crippen molar-refractivity contribution < 1.29 is 14.2 Å². The minimum Gasteiger partial charge on any atom is -0.490 e. The van der Waals surface area contributed by atoms with Crippen molar-refractivity contribution in [1.29, 1.82) is 0 Å². The molecule has 0 amide bonds. The molecule has 1 saturated carbocycles. The zero-order valence-corrected chi connectivity index (χ0v) is 18.4. The SMILES string of the molecule is COCC1(COC)CCC(Oc2ccccc2CN(C)CCN)CC1.Cl.Cl. The van der Waals surface area contributed by atoms with Gasteiger partial charge >= 0.3 is 0 Å². The highest BCUT2D eigenvalue weighted by Crippen LogP contribution is 2.38. The van der Waals surface area contributed by atoms with E-state index in [4.69, 9.17) is 19.9 Å². The quantitative estimate of drug-likeness (QED) is 0.624. The maximum absolute atomic E-state index is 6.38. The van der Waals surface area contributed by atoms with Gasteiger partial charge < -0.3 is 24.8 Å². The van der Waals surface area contributed by atoms with E-state index in [2.05, 4.69) is 30.1 Å². The van der Waals surface area contributed by atoms with Crippen LogP contribution in [0.4, 0.5) is 0 Å². The Bertz CT molecular complexity index is 504. The summed E-state index contributed by atoms with van der Waals surface area (Å²) in [6, 6.07) is 8.34. The van der Waals surface area contributed by atoms with E-state index in [1.165, 1.54) is 5.56 Å². The van der Waals surface area contributed by atoms with Crippen LogP contribution in [0.15, 0.2) is 24.3 Å². The van der Waals surface area contributed by atoms with Gasteiger partial charge in [0.25, 0.3) is 0 Å². The summed E-state index contributed by atoms with van der Waals surface area (Å²) in [5, 5.41) is 0. The Kier molecular flexibility index (Phi) is 13.3. The fraction of sp³-hybridized carbons (Fsp3) is 0.700. The third kappa shape index (κ3) is 8.14. The molecule has 0 aliphatic heterocycles. The molecule has 2 N–H and O–H groups in total. The van der Waals surface area contributed by atoms with Crippen LogP contribution in [-0.2, 0) is 16.0 Å². The minimum atomic E-state index is 0. The second kappa shape index (κ2) is 13.6. The highest BCUT2D eigenvalue weighted by atomic mass is 35.5. The van der Waals surface area contributed by atoms with Crippen molar-refractivity contribution in [3.05, 3.63) is 29.8 Å². The molecule has 0 atom stereocenters. The molecule has 1 fully saturated rings. The van der Waals surface area contributed by atoms with Crippen LogP contribution in [0, 0.1) is 5.41 Å². The Morgan fingerprint density at radius 1 is 1.07 bits per heavy atom. The highest BCUT2D eigenvalue weighted by molar-refractivity contribution is 5.85. The van der Waals surface area contributed by atoms with Gasteiger partial charge in [-0.15, -0.1) is 24.8 Å². The summed E-state index contributed by atoms with van der Waals surface area (Å²) < 4.78 is 17.3. The summed E-state index contributed by atoms with van der Waals surface area (Å²) in [4.78, 5) is 2.23. The van der Waals surface area contributed by atoms with Gasteiger partial charge in [-0.1, -0.05) is 18.2 Å². The van der Waals surface area contributed by atoms with Crippen molar-refractivity contribution >= 4 is 24.8 Å². The average molecular weight is 423 g/mol. The van der Waals surface area contributed by atoms with Crippen molar-refractivity contribution in [2.24, 2.45) is 11.1 Å². The number of nitrogens with zero attached hydrogens (tertiary/aromatic N) is 1. The largest absolute Gasteiger partial charge is 0.490 e. The van der Waals surface area contributed by atoms with E-state index >= 15 is 0 Å². The van der Waals surface area contributed by atoms with Crippen molar-refractivity contribution in [1.82, 2.24) is 4.90 Å². The molecule has 1 aliphatic rings. The van der Waals surface area contributed by atoms with E-state index in [1.54, 1.807) is 14.2 Å². The molecular formula is C20H36Cl2N2O3. The van der Waals surface area contributed by atoms with Crippen LogP contribution < -0.4 is 10.5 Å². The van der Waals surface area contributed by atoms with Crippen molar-refractivity contribution in [3.63, 3.8) is 0 Å². The van der Waals surface area contributed by atoms with E-state index in [0.717, 1.165) is 57.7 Å². The first-order valence-electron chi connectivity index (χ1n) is 9.23. The number of methoxy groups -OCH3 is 2. The zero-order chi connectivity index (χ0) is 18.1. The fourth-order valence-corrected chi connectivity index (χ4v) is 3.78. The lowest BCUT2D eigenvalue weighted by molar-refractivity contribution is -0.0340. The van der Waals surface area contributed by atoms with Crippen molar-refractivity contribution in [3.8, 4) is 5.75 Å². The minimum absolute atomic E-state index is 0. The highest BCUT2D eigenvalue weighted by Gasteiger charge is 2.36. The number of halogens is 2. The number of nitrogens with two attached hydrogens (primary N) is 1. The first kappa shape index (κ1) is 26.4. The average Bonchev–Trinajstić information content (AvgIpc) is 2.59. The lowest BCUT2D eigenvalue weighted by Gasteiger charge is -2.39. The maximum atomic E-state index is 6.38. The molecule has 27 heavy (non-hydrogen) atoms. The van der Waals surface area contributed by atoms with Gasteiger partial charge in [0.2, 0.25) is 0 Å². The Morgan fingerprint density at radius 2 is 1.67 bits per heavy atom. The molecule has 1 aromatic carbocycles. The molecule has 0 unspecified atom stereocenters. The van der Waals surface area contributed by atoms with E-state index in [-0.39, 0.29) is 36.3 Å². The van der Waals surface area contributed by atoms with E-state index in [9.17, 15) is 0 Å². The Morgan fingerprint density at radius 3 is 2.22 bits per heavy atom. The normalized spacial score (nSPS) is 16.5. The summed E-state index contributed by atoms with van der Waals surface area (Å²) >= 11 is 0. The number of benzene rings is 1. The van der Waals surface area contributed by atoms with Crippen LogP contribution >= 0.6 is 24.8 Å². The fourth-order valence-electron chi connectivity index (χ4n) is 3.78. The topological polar surface area (TPSA) is 57.0 Å². The van der Waals surface area contributed by atoms with E-state index in [0.29, 0.717) is 6.54 Å². The van der Waals surface area contributed by atoms with Crippen LogP contribution in [0.3, 0.4) is 0 Å². The van der Waals surface area contributed by atoms with Crippen LogP contribution in [-0.4, -0.2) is 58.6 Å². The van der Waals surface area contributed by atoms with E-state index in [1.807, 2.05) is 6.07 Å². The van der Waals surface area contributed by atoms with E-state index < -0.39 is 0 Å². The van der Waals surface area contributed by atoms with Gasteiger partial charge in [0.05, 0.1) is 19.3 Å². The molecule has 2 rings (SSSR count). The predicted molar refractivity (Wildman–Crippen MR) is 115 cm³/mol. The molecule has 158 valence electrons. The van der Waals surface area contributed by atoms with Crippen LogP contribution in [0.5, 0.6) is 5.75 Å². The summed E-state index contributed by atoms with van der Waals surface area (Å²) in [7, 11) is 5.64. The lowest BCUT2D eigenvalue weighted by Crippen LogP contribution is -2.39. The molecular weight excluding hydrogens is 387 g/mol. The summed E-state index contributed by atoms with van der Waals surface area (Å²) in [6.45, 7) is 3.93. The Balaban J connectivity index is 0.00000338. The zero-order valence-electron chi connectivity index (χ0n) is 16.8. The third-order valence-corrected chi connectivity index (χ3v) is 5.11. The lowest BCUT2D eigenvalue weighted by atomic mass is 9.74. The summed E-state index contributed by atoms with van der Waals surface area (Å²) in [6.07, 6.45) is 4.51. The van der Waals surface area contributed by atoms with Gasteiger partial charge in [0.15, 0.2) is 0 Å². The molecule has 0 bridgehead atoms. The van der Waals surface area contributed by atoms with Gasteiger partial charge in [-0.25, -0.2) is 0 Å². The van der Waals surface area contributed by atoms with Gasteiger partial charge in [0.1, 0.15) is 5.75 Å². The Hall–Kier alpha value is -0.560. The third-order valence-electron chi connectivity index (χ3n) is 5.11. The standard InChI is InChI=1S/C20H34N2O3.2ClH/c1-22(13-12-21)14-17-6-4-5-7-19(17)25-18-8-10-20(11-9-18,15-23-2)16-24-3;;/h4-7,18H,8-16,21H2,1-3H3;2*1H. The van der Waals surface area contributed by atoms with Gasteiger partial charge in [-0.2, -0.15) is 0 Å². The van der Waals surface area contributed by atoms with Gasteiger partial charge in [0, 0.05) is 44.8 Å². The van der Waals surface area contributed by atoms with Gasteiger partial charge in [-0.05, 0) is 38.8 Å². The first-order valence-corrected chi connectivity index (χ1v) is 9.23. The maximum Gasteiger partial charge on any atom is 0.124 e. The smallest absolute Gasteiger partial charge is 0.124 e. The first-order chi connectivity index (χ1) is 12.1. The summed E-state index contributed by atoms with van der Waals surface area (Å²) in [5.41, 5.74) is 7.02. The molecule has 0 heterocycles. The van der Waals surface area contributed by atoms with Crippen LogP contribution in [0.2, 0.25) is 0 Å². The number of hydrogen-bond donors (Lipinski definition) is 1. The number of rotatable bonds is 10. The molecule has 0 radical (unpaired) electrons. The number of hydrogen-bond acceptors (Lipinski definition) is 5. The molecule has 7 heteroatoms. The predicted octanol–water partition coefficient (Wildman–Crippen LogP) is 3.52. The Labute approximate surface area is 176 Å². The molecule has 0 aromatic heterocycles. The number of likely N-dealkylation sites (N-methyl/N-ethyl adjacent to an activating group) is 1. The van der Waals surface area contributed by atoms with Crippen LogP contribution in [0.1, 0.15) is 31.2 Å². The molecule has 0 saturated heterocycles. The molecule has 1 aliphatic carbocycles. The molecule has 0 spiro atoms. The monoisotopic (exact) mass is 422 g/mol. The van der Waals surface area contributed by atoms with Crippen LogP contribution in [0.25, 0.3) is 0 Å². The number of ether oxygens (including phenoxy) is 3. The number of para-hydroxylation sites is 1. The summed E-state index contributed by atoms with van der Waals surface area (Å²) in [5.74, 6) is 1.00. The molecule has 5 nitrogen and oxygen atoms in total. The van der Waals surface area contributed by atoms with Crippen molar-refractivity contribution in [2.45, 2.75) is 38.3 Å². The van der Waals surface area contributed by atoms with Crippen molar-refractivity contribution in [2.75, 3.05) is 47.6 Å². The second-order valence-electron chi connectivity index (χ2n) is 7.32.